The Morgan fingerprint density at radius 1 is 1.22 bits per heavy atom. The molecule has 2 N–H and O–H groups in total. The minimum atomic E-state index is -0.496. The molecule has 11 heteroatoms. The second-order valence-corrected chi connectivity index (χ2v) is 5.57. The number of fused-ring (bicyclic) bond motifs is 1. The average Bonchev–Trinajstić information content (AvgIpc) is 3.10. The van der Waals surface area contributed by atoms with E-state index in [1.54, 1.807) is 31.2 Å². The molecule has 0 saturated heterocycles. The molecule has 2 aromatic heterocycles. The van der Waals surface area contributed by atoms with Gasteiger partial charge in [-0.05, 0) is 31.2 Å². The van der Waals surface area contributed by atoms with Crippen molar-refractivity contribution in [3.63, 3.8) is 0 Å². The van der Waals surface area contributed by atoms with Crippen molar-refractivity contribution in [2.24, 2.45) is 24.4 Å². The lowest BCUT2D eigenvalue weighted by molar-refractivity contribution is 0.0526. The number of hydrogen-bond donors (Lipinski definition) is 2. The van der Waals surface area contributed by atoms with Crippen LogP contribution in [0.4, 0.5) is 11.6 Å². The van der Waals surface area contributed by atoms with Crippen LogP contribution in [0.25, 0.3) is 11.2 Å². The highest BCUT2D eigenvalue weighted by atomic mass is 16.5. The minimum Gasteiger partial charge on any atom is -0.462 e. The smallest absolute Gasteiger partial charge is 0.338 e. The maximum atomic E-state index is 12.1. The van der Waals surface area contributed by atoms with Crippen LogP contribution >= 0.6 is 0 Å². The zero-order valence-corrected chi connectivity index (χ0v) is 14.9. The molecule has 0 radical (unpaired) electrons. The first kappa shape index (κ1) is 18.0. The lowest BCUT2D eigenvalue weighted by atomic mass is 10.2. The summed E-state index contributed by atoms with van der Waals surface area (Å²) in [5.74, 6) is -0.334. The number of aromatic amines is 1. The van der Waals surface area contributed by atoms with Crippen LogP contribution in [0.3, 0.4) is 0 Å². The van der Waals surface area contributed by atoms with Gasteiger partial charge >= 0.3 is 11.7 Å². The van der Waals surface area contributed by atoms with Crippen molar-refractivity contribution in [1.82, 2.24) is 19.1 Å². The van der Waals surface area contributed by atoms with Crippen molar-refractivity contribution in [2.45, 2.75) is 6.92 Å². The molecule has 3 rings (SSSR count). The molecule has 2 heterocycles. The van der Waals surface area contributed by atoms with Gasteiger partial charge in [0.05, 0.1) is 17.9 Å². The Labute approximate surface area is 152 Å². The second-order valence-electron chi connectivity index (χ2n) is 5.57. The number of nitrogens with one attached hydrogen (secondary N) is 2. The lowest BCUT2D eigenvalue weighted by Gasteiger charge is -2.02. The Balaban J connectivity index is 1.78. The molecule has 0 fully saturated rings. The number of anilines is 1. The van der Waals surface area contributed by atoms with Crippen molar-refractivity contribution in [1.29, 1.82) is 0 Å². The molecule has 0 aliphatic heterocycles. The van der Waals surface area contributed by atoms with E-state index in [1.165, 1.54) is 18.7 Å². The Morgan fingerprint density at radius 3 is 2.59 bits per heavy atom. The second kappa shape index (κ2) is 7.23. The number of aromatic nitrogens is 4. The van der Waals surface area contributed by atoms with Gasteiger partial charge in [0.15, 0.2) is 11.2 Å². The number of carbonyl (C=O) groups is 1. The number of nitrogens with zero attached hydrogens (tertiary/aromatic N) is 5. The van der Waals surface area contributed by atoms with E-state index in [0.717, 1.165) is 4.57 Å². The minimum absolute atomic E-state index is 0.0685. The predicted molar refractivity (Wildman–Crippen MR) is 97.1 cm³/mol. The van der Waals surface area contributed by atoms with Crippen LogP contribution in [0.1, 0.15) is 17.3 Å². The predicted octanol–water partition coefficient (Wildman–Crippen LogP) is 1.25. The van der Waals surface area contributed by atoms with E-state index in [1.807, 2.05) is 0 Å². The van der Waals surface area contributed by atoms with E-state index < -0.39 is 17.2 Å². The topological polar surface area (TPSA) is 136 Å². The fraction of sp³-hybridized carbons (Fsp3) is 0.250. The maximum Gasteiger partial charge on any atom is 0.338 e. The van der Waals surface area contributed by atoms with E-state index in [0.29, 0.717) is 17.9 Å². The molecule has 140 valence electrons. The molecule has 0 aliphatic carbocycles. The lowest BCUT2D eigenvalue weighted by Crippen LogP contribution is -2.36. The number of hydrogen-bond acceptors (Lipinski definition) is 7. The van der Waals surface area contributed by atoms with E-state index in [9.17, 15) is 14.4 Å². The molecule has 1 aromatic carbocycles. The van der Waals surface area contributed by atoms with Gasteiger partial charge in [0.1, 0.15) is 0 Å². The average molecular weight is 371 g/mol. The van der Waals surface area contributed by atoms with Gasteiger partial charge in [-0.15, -0.1) is 0 Å². The summed E-state index contributed by atoms with van der Waals surface area (Å²) in [5, 5.41) is 7.65. The number of carbonyl (C=O) groups excluding carboxylic acids is 1. The number of aryl methyl sites for hydroxylation is 1. The molecule has 3 aromatic rings. The third-order valence-electron chi connectivity index (χ3n) is 3.80. The van der Waals surface area contributed by atoms with Gasteiger partial charge in [-0.2, -0.15) is 4.98 Å². The first-order valence-corrected chi connectivity index (χ1v) is 8.02. The first-order chi connectivity index (χ1) is 12.9. The summed E-state index contributed by atoms with van der Waals surface area (Å²) in [4.78, 5) is 42.4. The van der Waals surface area contributed by atoms with Crippen LogP contribution in [0.15, 0.2) is 44.2 Å². The maximum absolute atomic E-state index is 12.1. The fourth-order valence-electron chi connectivity index (χ4n) is 2.39. The van der Waals surface area contributed by atoms with Gasteiger partial charge < -0.3 is 9.72 Å². The highest BCUT2D eigenvalue weighted by molar-refractivity contribution is 5.89. The molecule has 0 atom stereocenters. The Hall–Kier alpha value is -3.76. The van der Waals surface area contributed by atoms with Crippen LogP contribution in [-0.4, -0.2) is 31.7 Å². The summed E-state index contributed by atoms with van der Waals surface area (Å²) < 4.78 is 7.13. The first-order valence-electron chi connectivity index (χ1n) is 8.02. The van der Waals surface area contributed by atoms with Crippen molar-refractivity contribution >= 4 is 28.8 Å². The molecule has 0 spiro atoms. The summed E-state index contributed by atoms with van der Waals surface area (Å²) in [6, 6.07) is 6.47. The number of rotatable bonds is 5. The molecular formula is C16H17N7O4. The molecule has 0 saturated carbocycles. The van der Waals surface area contributed by atoms with Crippen molar-refractivity contribution in [3.05, 3.63) is 50.7 Å². The third-order valence-corrected chi connectivity index (χ3v) is 3.80. The largest absolute Gasteiger partial charge is 0.462 e. The van der Waals surface area contributed by atoms with Crippen LogP contribution in [0.2, 0.25) is 0 Å². The van der Waals surface area contributed by atoms with E-state index in [-0.39, 0.29) is 17.1 Å². The third kappa shape index (κ3) is 3.47. The van der Waals surface area contributed by atoms with Crippen molar-refractivity contribution in [2.75, 3.05) is 12.0 Å². The van der Waals surface area contributed by atoms with Crippen LogP contribution < -0.4 is 16.7 Å². The molecule has 0 amide bonds. The number of imidazole rings is 1. The monoisotopic (exact) mass is 371 g/mol. The molecule has 0 aliphatic rings. The normalized spacial score (nSPS) is 11.2. The van der Waals surface area contributed by atoms with Crippen molar-refractivity contribution < 1.29 is 9.53 Å². The van der Waals surface area contributed by atoms with Gasteiger partial charge in [-0.25, -0.2) is 9.59 Å². The number of esters is 1. The summed E-state index contributed by atoms with van der Waals surface area (Å²) in [7, 11) is 2.89. The van der Waals surface area contributed by atoms with E-state index >= 15 is 0 Å². The van der Waals surface area contributed by atoms with Gasteiger partial charge in [0, 0.05) is 14.1 Å². The quantitative estimate of drug-likeness (QED) is 0.393. The van der Waals surface area contributed by atoms with Gasteiger partial charge in [-0.1, -0.05) is 10.3 Å². The molecule has 27 heavy (non-hydrogen) atoms. The molecule has 11 nitrogen and oxygen atoms in total. The van der Waals surface area contributed by atoms with Crippen molar-refractivity contribution in [3.8, 4) is 0 Å². The summed E-state index contributed by atoms with van der Waals surface area (Å²) in [6.45, 7) is 2.04. The standard InChI is InChI=1S/C16H17N7O4/c1-4-27-14(25)9-5-7-10(8-6-9)19-21-20-15-17-11-12(18-15)22(2)16(26)23(3)13(11)24/h5-8H,4H2,1-3H3,(H2,17,18,19,20). The zero-order valence-electron chi connectivity index (χ0n) is 14.9. The molecule has 0 bridgehead atoms. The van der Waals surface area contributed by atoms with Crippen LogP contribution in [0, 0.1) is 0 Å². The van der Waals surface area contributed by atoms with E-state index in [4.69, 9.17) is 4.74 Å². The highest BCUT2D eigenvalue weighted by Gasteiger charge is 2.13. The van der Waals surface area contributed by atoms with E-state index in [2.05, 4.69) is 25.7 Å². The molecule has 0 unspecified atom stereocenters. The summed E-state index contributed by atoms with van der Waals surface area (Å²) in [5.41, 5.74) is 3.07. The van der Waals surface area contributed by atoms with Crippen LogP contribution in [0.5, 0.6) is 0 Å². The molecular weight excluding hydrogens is 354 g/mol. The number of H-pyrrole nitrogens is 1. The Bertz CT molecular complexity index is 1140. The van der Waals surface area contributed by atoms with Gasteiger partial charge in [0.25, 0.3) is 11.5 Å². The highest BCUT2D eigenvalue weighted by Crippen LogP contribution is 2.14. The van der Waals surface area contributed by atoms with Crippen LogP contribution in [-0.2, 0) is 18.8 Å². The zero-order chi connectivity index (χ0) is 19.6. The SMILES string of the molecule is CCOC(=O)c1ccc(NN=Nc2nc3c([nH]2)c(=O)n(C)c(=O)n3C)cc1. The summed E-state index contributed by atoms with van der Waals surface area (Å²) >= 11 is 0. The van der Waals surface area contributed by atoms with Gasteiger partial charge in [-0.3, -0.25) is 19.4 Å². The number of benzene rings is 1. The Morgan fingerprint density at radius 2 is 1.93 bits per heavy atom. The van der Waals surface area contributed by atoms with Gasteiger partial charge in [0.2, 0.25) is 0 Å². The fourth-order valence-corrected chi connectivity index (χ4v) is 2.39. The summed E-state index contributed by atoms with van der Waals surface area (Å²) in [6.07, 6.45) is 0. The number of ether oxygens (including phenoxy) is 1. The Kier molecular flexibility index (Phi) is 4.83.